The fraction of sp³-hybridized carbons (Fsp3) is 0.647. The van der Waals surface area contributed by atoms with Gasteiger partial charge in [-0.25, -0.2) is 4.39 Å². The van der Waals surface area contributed by atoms with Gasteiger partial charge in [0.2, 0.25) is 0 Å². The molecule has 3 heteroatoms. The number of hydrogen-bond donors (Lipinski definition) is 1. The van der Waals surface area contributed by atoms with Crippen LogP contribution in [0.5, 0.6) is 0 Å². The van der Waals surface area contributed by atoms with Crippen LogP contribution in [0.4, 0.5) is 10.1 Å². The highest BCUT2D eigenvalue weighted by Gasteiger charge is 2.19. The lowest BCUT2D eigenvalue weighted by Gasteiger charge is -2.33. The van der Waals surface area contributed by atoms with Crippen molar-refractivity contribution < 1.29 is 4.39 Å². The Hall–Kier alpha value is -1.09. The minimum absolute atomic E-state index is 0.0530. The Morgan fingerprint density at radius 1 is 1.35 bits per heavy atom. The van der Waals surface area contributed by atoms with Gasteiger partial charge in [0.25, 0.3) is 0 Å². The fourth-order valence-corrected chi connectivity index (χ4v) is 2.69. The van der Waals surface area contributed by atoms with Crippen molar-refractivity contribution in [3.05, 3.63) is 29.6 Å². The van der Waals surface area contributed by atoms with Gasteiger partial charge in [-0.15, -0.1) is 0 Å². The monoisotopic (exact) mass is 278 g/mol. The Kier molecular flexibility index (Phi) is 4.69. The molecular weight excluding hydrogens is 251 g/mol. The minimum atomic E-state index is -0.0905. The van der Waals surface area contributed by atoms with Gasteiger partial charge in [0.15, 0.2) is 0 Å². The van der Waals surface area contributed by atoms with E-state index in [0.717, 1.165) is 30.8 Å². The molecule has 2 rings (SSSR count). The van der Waals surface area contributed by atoms with E-state index in [1.54, 1.807) is 6.07 Å². The van der Waals surface area contributed by atoms with Crippen molar-refractivity contribution in [1.82, 2.24) is 5.32 Å². The summed E-state index contributed by atoms with van der Waals surface area (Å²) in [6.07, 6.45) is 2.42. The topological polar surface area (TPSA) is 15.3 Å². The maximum absolute atomic E-state index is 14.3. The van der Waals surface area contributed by atoms with Gasteiger partial charge in [0, 0.05) is 25.2 Å². The molecule has 0 amide bonds. The van der Waals surface area contributed by atoms with E-state index in [0.29, 0.717) is 12.5 Å². The summed E-state index contributed by atoms with van der Waals surface area (Å²) in [5.74, 6) is 0.567. The molecule has 1 N–H and O–H groups in total. The Labute approximate surface area is 122 Å². The molecule has 0 spiro atoms. The van der Waals surface area contributed by atoms with Gasteiger partial charge in [-0.3, -0.25) is 0 Å². The van der Waals surface area contributed by atoms with Crippen LogP contribution in [0.3, 0.4) is 0 Å². The first kappa shape index (κ1) is 15.3. The molecule has 1 fully saturated rings. The molecule has 1 saturated heterocycles. The third kappa shape index (κ3) is 4.20. The van der Waals surface area contributed by atoms with E-state index in [1.165, 1.54) is 6.42 Å². The van der Waals surface area contributed by atoms with Gasteiger partial charge in [0.1, 0.15) is 5.82 Å². The molecule has 2 nitrogen and oxygen atoms in total. The van der Waals surface area contributed by atoms with E-state index in [1.807, 2.05) is 12.1 Å². The number of anilines is 1. The average Bonchev–Trinajstić information content (AvgIpc) is 2.35. The largest absolute Gasteiger partial charge is 0.369 e. The highest BCUT2D eigenvalue weighted by atomic mass is 19.1. The van der Waals surface area contributed by atoms with E-state index in [4.69, 9.17) is 0 Å². The Bertz CT molecular complexity index is 451. The molecule has 1 aromatic rings. The molecule has 1 unspecified atom stereocenters. The van der Waals surface area contributed by atoms with Crippen LogP contribution in [0.15, 0.2) is 18.2 Å². The third-order valence-corrected chi connectivity index (χ3v) is 3.83. The average molecular weight is 278 g/mol. The maximum atomic E-state index is 14.3. The van der Waals surface area contributed by atoms with E-state index in [2.05, 4.69) is 37.9 Å². The molecule has 0 bridgehead atoms. The zero-order valence-corrected chi connectivity index (χ0v) is 13.2. The SMILES string of the molecule is CC1CCCN(c2ccc(CNC(C)(C)C)cc2F)C1. The lowest BCUT2D eigenvalue weighted by atomic mass is 9.99. The number of benzene rings is 1. The molecule has 1 atom stereocenters. The van der Waals surface area contributed by atoms with Gasteiger partial charge in [-0.05, 0) is 57.2 Å². The fourth-order valence-electron chi connectivity index (χ4n) is 2.69. The van der Waals surface area contributed by atoms with Crippen LogP contribution >= 0.6 is 0 Å². The van der Waals surface area contributed by atoms with Gasteiger partial charge >= 0.3 is 0 Å². The van der Waals surface area contributed by atoms with Crippen molar-refractivity contribution in [3.8, 4) is 0 Å². The normalized spacial score (nSPS) is 20.2. The van der Waals surface area contributed by atoms with Crippen molar-refractivity contribution in [3.63, 3.8) is 0 Å². The first-order chi connectivity index (χ1) is 9.35. The Morgan fingerprint density at radius 2 is 2.10 bits per heavy atom. The van der Waals surface area contributed by atoms with Crippen LogP contribution in [-0.4, -0.2) is 18.6 Å². The van der Waals surface area contributed by atoms with Crippen LogP contribution in [0.2, 0.25) is 0 Å². The molecule has 1 aromatic carbocycles. The molecule has 0 aliphatic carbocycles. The summed E-state index contributed by atoms with van der Waals surface area (Å²) in [5.41, 5.74) is 1.82. The van der Waals surface area contributed by atoms with E-state index in [-0.39, 0.29) is 11.4 Å². The second-order valence-electron chi connectivity index (χ2n) is 7.08. The number of nitrogens with zero attached hydrogens (tertiary/aromatic N) is 1. The van der Waals surface area contributed by atoms with Crippen LogP contribution in [0.1, 0.15) is 46.1 Å². The quantitative estimate of drug-likeness (QED) is 0.900. The van der Waals surface area contributed by atoms with Crippen molar-refractivity contribution >= 4 is 5.69 Å². The molecule has 20 heavy (non-hydrogen) atoms. The highest BCUT2D eigenvalue weighted by Crippen LogP contribution is 2.26. The van der Waals surface area contributed by atoms with E-state index >= 15 is 0 Å². The Balaban J connectivity index is 2.05. The molecule has 0 saturated carbocycles. The highest BCUT2D eigenvalue weighted by molar-refractivity contribution is 5.49. The predicted molar refractivity (Wildman–Crippen MR) is 83.6 cm³/mol. The van der Waals surface area contributed by atoms with Crippen LogP contribution in [0, 0.1) is 11.7 Å². The van der Waals surface area contributed by atoms with Crippen LogP contribution in [0.25, 0.3) is 0 Å². The van der Waals surface area contributed by atoms with Crippen molar-refractivity contribution in [2.24, 2.45) is 5.92 Å². The first-order valence-corrected chi connectivity index (χ1v) is 7.63. The molecule has 0 aromatic heterocycles. The minimum Gasteiger partial charge on any atom is -0.369 e. The molecular formula is C17H27FN2. The number of halogens is 1. The van der Waals surface area contributed by atoms with Gasteiger partial charge in [0.05, 0.1) is 5.69 Å². The zero-order chi connectivity index (χ0) is 14.8. The van der Waals surface area contributed by atoms with Crippen LogP contribution in [-0.2, 0) is 6.54 Å². The lowest BCUT2D eigenvalue weighted by molar-refractivity contribution is 0.423. The number of piperidine rings is 1. The molecule has 1 aliphatic rings. The van der Waals surface area contributed by atoms with Crippen molar-refractivity contribution in [2.45, 2.75) is 52.6 Å². The summed E-state index contributed by atoms with van der Waals surface area (Å²) in [6, 6.07) is 5.65. The predicted octanol–water partition coefficient (Wildman–Crippen LogP) is 3.95. The molecule has 0 radical (unpaired) electrons. The summed E-state index contributed by atoms with van der Waals surface area (Å²) >= 11 is 0. The van der Waals surface area contributed by atoms with Crippen LogP contribution < -0.4 is 10.2 Å². The third-order valence-electron chi connectivity index (χ3n) is 3.83. The summed E-state index contributed by atoms with van der Waals surface area (Å²) in [6.45, 7) is 11.2. The van der Waals surface area contributed by atoms with E-state index in [9.17, 15) is 4.39 Å². The second kappa shape index (κ2) is 6.13. The van der Waals surface area contributed by atoms with Crippen molar-refractivity contribution in [2.75, 3.05) is 18.0 Å². The summed E-state index contributed by atoms with van der Waals surface area (Å²) < 4.78 is 14.3. The zero-order valence-electron chi connectivity index (χ0n) is 13.2. The number of rotatable bonds is 3. The van der Waals surface area contributed by atoms with Gasteiger partial charge in [-0.1, -0.05) is 13.0 Å². The first-order valence-electron chi connectivity index (χ1n) is 7.63. The lowest BCUT2D eigenvalue weighted by Crippen LogP contribution is -2.35. The molecule has 112 valence electrons. The Morgan fingerprint density at radius 3 is 2.70 bits per heavy atom. The standard InChI is InChI=1S/C17H27FN2/c1-13-6-5-9-20(12-13)16-8-7-14(10-15(16)18)11-19-17(2,3)4/h7-8,10,13,19H,5-6,9,11-12H2,1-4H3. The smallest absolute Gasteiger partial charge is 0.146 e. The van der Waals surface area contributed by atoms with Crippen molar-refractivity contribution in [1.29, 1.82) is 0 Å². The maximum Gasteiger partial charge on any atom is 0.146 e. The number of hydrogen-bond acceptors (Lipinski definition) is 2. The molecule has 1 aliphatic heterocycles. The summed E-state index contributed by atoms with van der Waals surface area (Å²) in [4.78, 5) is 2.18. The summed E-state index contributed by atoms with van der Waals surface area (Å²) in [5, 5.41) is 3.39. The molecule has 1 heterocycles. The van der Waals surface area contributed by atoms with E-state index < -0.39 is 0 Å². The second-order valence-corrected chi connectivity index (χ2v) is 7.08. The summed E-state index contributed by atoms with van der Waals surface area (Å²) in [7, 11) is 0. The van der Waals surface area contributed by atoms with Gasteiger partial charge in [-0.2, -0.15) is 0 Å². The number of nitrogens with one attached hydrogen (secondary N) is 1. The van der Waals surface area contributed by atoms with Gasteiger partial charge < -0.3 is 10.2 Å².